The Hall–Kier alpha value is -1.66. The standard InChI is InChI=1S/C13H16ClN3O3/c14-11-3-1-10(9-12(11)17(19)20)2-4-13(18)16-7-5-15-6-8-16/h1,3,9,15H,2,4-8H2. The van der Waals surface area contributed by atoms with Crippen LogP contribution in [-0.4, -0.2) is 41.9 Å². The van der Waals surface area contributed by atoms with Gasteiger partial charge in [0.1, 0.15) is 5.02 Å². The highest BCUT2D eigenvalue weighted by Gasteiger charge is 2.17. The second-order valence-electron chi connectivity index (χ2n) is 4.67. The molecule has 1 fully saturated rings. The van der Waals surface area contributed by atoms with Crippen LogP contribution in [-0.2, 0) is 11.2 Å². The third-order valence-electron chi connectivity index (χ3n) is 3.30. The van der Waals surface area contributed by atoms with Crippen LogP contribution in [0.2, 0.25) is 5.02 Å². The molecule has 6 nitrogen and oxygen atoms in total. The summed E-state index contributed by atoms with van der Waals surface area (Å²) < 4.78 is 0. The van der Waals surface area contributed by atoms with Crippen LogP contribution in [0.3, 0.4) is 0 Å². The summed E-state index contributed by atoms with van der Waals surface area (Å²) >= 11 is 5.75. The molecule has 1 saturated heterocycles. The van der Waals surface area contributed by atoms with Crippen molar-refractivity contribution in [1.82, 2.24) is 10.2 Å². The Bertz CT molecular complexity index is 516. The summed E-state index contributed by atoms with van der Waals surface area (Å²) in [5.74, 6) is 0.0871. The fourth-order valence-electron chi connectivity index (χ4n) is 2.18. The largest absolute Gasteiger partial charge is 0.340 e. The van der Waals surface area contributed by atoms with E-state index in [9.17, 15) is 14.9 Å². The number of hydrogen-bond donors (Lipinski definition) is 1. The number of rotatable bonds is 4. The molecule has 108 valence electrons. The van der Waals surface area contributed by atoms with Crippen molar-refractivity contribution in [2.75, 3.05) is 26.2 Å². The van der Waals surface area contributed by atoms with Gasteiger partial charge in [-0.2, -0.15) is 0 Å². The van der Waals surface area contributed by atoms with E-state index >= 15 is 0 Å². The number of benzene rings is 1. The van der Waals surface area contributed by atoms with E-state index in [-0.39, 0.29) is 16.6 Å². The van der Waals surface area contributed by atoms with Crippen LogP contribution >= 0.6 is 11.6 Å². The molecule has 1 amide bonds. The highest BCUT2D eigenvalue weighted by Crippen LogP contribution is 2.25. The maximum absolute atomic E-state index is 12.0. The summed E-state index contributed by atoms with van der Waals surface area (Å²) in [6.45, 7) is 3.08. The first kappa shape index (κ1) is 14.7. The van der Waals surface area contributed by atoms with Crippen LogP contribution in [0.1, 0.15) is 12.0 Å². The van der Waals surface area contributed by atoms with Crippen molar-refractivity contribution in [3.05, 3.63) is 38.9 Å². The number of aryl methyl sites for hydroxylation is 1. The molecule has 0 aliphatic carbocycles. The lowest BCUT2D eigenvalue weighted by Crippen LogP contribution is -2.46. The minimum absolute atomic E-state index is 0.0871. The summed E-state index contributed by atoms with van der Waals surface area (Å²) in [6, 6.07) is 4.66. The number of piperazine rings is 1. The van der Waals surface area contributed by atoms with Gasteiger partial charge in [-0.05, 0) is 18.1 Å². The van der Waals surface area contributed by atoms with Crippen LogP contribution in [0.15, 0.2) is 18.2 Å². The normalized spacial score (nSPS) is 15.2. The first-order valence-electron chi connectivity index (χ1n) is 6.49. The minimum atomic E-state index is -0.510. The van der Waals surface area contributed by atoms with Crippen LogP contribution in [0.25, 0.3) is 0 Å². The molecule has 2 rings (SSSR count). The zero-order valence-electron chi connectivity index (χ0n) is 11.0. The number of nitro benzene ring substituents is 1. The molecule has 1 aliphatic rings. The zero-order valence-corrected chi connectivity index (χ0v) is 11.7. The van der Waals surface area contributed by atoms with Crippen LogP contribution < -0.4 is 5.32 Å². The molecule has 0 spiro atoms. The third kappa shape index (κ3) is 3.68. The lowest BCUT2D eigenvalue weighted by Gasteiger charge is -2.27. The molecule has 1 aliphatic heterocycles. The molecule has 0 saturated carbocycles. The Kier molecular flexibility index (Phi) is 4.92. The monoisotopic (exact) mass is 297 g/mol. The molecule has 0 aromatic heterocycles. The van der Waals surface area contributed by atoms with Crippen molar-refractivity contribution < 1.29 is 9.72 Å². The predicted octanol–water partition coefficient (Wildman–Crippen LogP) is 1.61. The topological polar surface area (TPSA) is 75.5 Å². The van der Waals surface area contributed by atoms with Crippen LogP contribution in [0, 0.1) is 10.1 Å². The number of hydrogen-bond acceptors (Lipinski definition) is 4. The first-order valence-corrected chi connectivity index (χ1v) is 6.87. The van der Waals surface area contributed by atoms with Gasteiger partial charge in [-0.3, -0.25) is 14.9 Å². The Morgan fingerprint density at radius 3 is 2.75 bits per heavy atom. The van der Waals surface area contributed by atoms with Gasteiger partial charge in [0.05, 0.1) is 4.92 Å². The lowest BCUT2D eigenvalue weighted by molar-refractivity contribution is -0.384. The van der Waals surface area contributed by atoms with Gasteiger partial charge >= 0.3 is 0 Å². The van der Waals surface area contributed by atoms with Gasteiger partial charge in [0.25, 0.3) is 5.69 Å². The highest BCUT2D eigenvalue weighted by atomic mass is 35.5. The fourth-order valence-corrected chi connectivity index (χ4v) is 2.36. The number of nitrogens with one attached hydrogen (secondary N) is 1. The van der Waals surface area contributed by atoms with E-state index in [0.29, 0.717) is 12.8 Å². The van der Waals surface area contributed by atoms with Gasteiger partial charge in [-0.1, -0.05) is 17.7 Å². The second-order valence-corrected chi connectivity index (χ2v) is 5.08. The van der Waals surface area contributed by atoms with Crippen molar-refractivity contribution in [3.63, 3.8) is 0 Å². The molecule has 7 heteroatoms. The summed E-state index contributed by atoms with van der Waals surface area (Å²) in [5, 5.41) is 14.1. The summed E-state index contributed by atoms with van der Waals surface area (Å²) in [6.07, 6.45) is 0.847. The average Bonchev–Trinajstić information content (AvgIpc) is 2.46. The molecule has 0 unspecified atom stereocenters. The molecule has 1 aromatic rings. The van der Waals surface area contributed by atoms with E-state index in [2.05, 4.69) is 5.32 Å². The smallest absolute Gasteiger partial charge is 0.288 e. The molecule has 0 bridgehead atoms. The van der Waals surface area contributed by atoms with Gasteiger partial charge in [0.15, 0.2) is 0 Å². The average molecular weight is 298 g/mol. The Labute approximate surface area is 121 Å². The van der Waals surface area contributed by atoms with Gasteiger partial charge < -0.3 is 10.2 Å². The van der Waals surface area contributed by atoms with E-state index in [1.54, 1.807) is 6.07 Å². The van der Waals surface area contributed by atoms with E-state index in [1.165, 1.54) is 12.1 Å². The Morgan fingerprint density at radius 2 is 2.10 bits per heavy atom. The van der Waals surface area contributed by atoms with Crippen molar-refractivity contribution >= 4 is 23.2 Å². The fraction of sp³-hybridized carbons (Fsp3) is 0.462. The molecule has 1 N–H and O–H groups in total. The predicted molar refractivity (Wildman–Crippen MR) is 75.9 cm³/mol. The number of halogens is 1. The van der Waals surface area contributed by atoms with Gasteiger partial charge in [-0.15, -0.1) is 0 Å². The maximum Gasteiger partial charge on any atom is 0.288 e. The quantitative estimate of drug-likeness (QED) is 0.677. The molecular formula is C13H16ClN3O3. The van der Waals surface area contributed by atoms with Crippen molar-refractivity contribution in [1.29, 1.82) is 0 Å². The lowest BCUT2D eigenvalue weighted by atomic mass is 10.1. The third-order valence-corrected chi connectivity index (χ3v) is 3.62. The molecule has 20 heavy (non-hydrogen) atoms. The van der Waals surface area contributed by atoms with E-state index in [4.69, 9.17) is 11.6 Å². The minimum Gasteiger partial charge on any atom is -0.340 e. The Balaban J connectivity index is 1.95. The molecule has 1 aromatic carbocycles. The zero-order chi connectivity index (χ0) is 14.5. The molecular weight excluding hydrogens is 282 g/mol. The number of carbonyl (C=O) groups excluding carboxylic acids is 1. The van der Waals surface area contributed by atoms with Crippen molar-refractivity contribution in [2.45, 2.75) is 12.8 Å². The van der Waals surface area contributed by atoms with Crippen LogP contribution in [0.4, 0.5) is 5.69 Å². The summed E-state index contributed by atoms with van der Waals surface area (Å²) in [4.78, 5) is 24.1. The summed E-state index contributed by atoms with van der Waals surface area (Å²) in [5.41, 5.74) is 0.642. The molecule has 1 heterocycles. The number of nitro groups is 1. The maximum atomic E-state index is 12.0. The first-order chi connectivity index (χ1) is 9.58. The van der Waals surface area contributed by atoms with Crippen molar-refractivity contribution in [3.8, 4) is 0 Å². The number of amides is 1. The van der Waals surface area contributed by atoms with E-state index in [0.717, 1.165) is 31.7 Å². The summed E-state index contributed by atoms with van der Waals surface area (Å²) in [7, 11) is 0. The van der Waals surface area contributed by atoms with E-state index in [1.807, 2.05) is 4.90 Å². The van der Waals surface area contributed by atoms with Gasteiger partial charge in [-0.25, -0.2) is 0 Å². The Morgan fingerprint density at radius 1 is 1.40 bits per heavy atom. The molecule has 0 radical (unpaired) electrons. The van der Waals surface area contributed by atoms with Gasteiger partial charge in [0.2, 0.25) is 5.91 Å². The number of nitrogens with zero attached hydrogens (tertiary/aromatic N) is 2. The highest BCUT2D eigenvalue weighted by molar-refractivity contribution is 6.32. The van der Waals surface area contributed by atoms with E-state index < -0.39 is 4.92 Å². The molecule has 0 atom stereocenters. The SMILES string of the molecule is O=C(CCc1ccc(Cl)c([N+](=O)[O-])c1)N1CCNCC1. The van der Waals surface area contributed by atoms with Crippen LogP contribution in [0.5, 0.6) is 0 Å². The second kappa shape index (κ2) is 6.67. The van der Waals surface area contributed by atoms with Gasteiger partial charge in [0, 0.05) is 38.7 Å². The number of carbonyl (C=O) groups is 1. The van der Waals surface area contributed by atoms with Crippen molar-refractivity contribution in [2.24, 2.45) is 0 Å².